The predicted octanol–water partition coefficient (Wildman–Crippen LogP) is 2.74. The minimum absolute atomic E-state index is 0.315. The fourth-order valence-electron chi connectivity index (χ4n) is 2.87. The first-order valence-electron chi connectivity index (χ1n) is 7.64. The Labute approximate surface area is 130 Å². The molecule has 1 saturated heterocycles. The molecule has 1 aromatic carbocycles. The van der Waals surface area contributed by atoms with E-state index in [2.05, 4.69) is 40.6 Å². The third kappa shape index (κ3) is 4.13. The Kier molecular flexibility index (Phi) is 5.01. The van der Waals surface area contributed by atoms with E-state index in [-0.39, 0.29) is 0 Å². The lowest BCUT2D eigenvalue weighted by Gasteiger charge is -2.13. The van der Waals surface area contributed by atoms with E-state index >= 15 is 0 Å². The fourth-order valence-corrected chi connectivity index (χ4v) is 3.66. The number of likely N-dealkylation sites (tertiary alicyclic amines) is 1. The zero-order chi connectivity index (χ0) is 14.5. The molecule has 1 unspecified atom stereocenters. The lowest BCUT2D eigenvalue weighted by atomic mass is 10.1. The molecule has 1 atom stereocenters. The van der Waals surface area contributed by atoms with Crippen LogP contribution in [-0.2, 0) is 19.4 Å². The van der Waals surface area contributed by atoms with Crippen molar-refractivity contribution in [1.82, 2.24) is 9.88 Å². The lowest BCUT2D eigenvalue weighted by molar-refractivity contribution is 0.219. The average Bonchev–Trinajstić information content (AvgIpc) is 3.16. The highest BCUT2D eigenvalue weighted by atomic mass is 32.1. The summed E-state index contributed by atoms with van der Waals surface area (Å²) < 4.78 is 0. The normalized spacial score (nSPS) is 19.2. The van der Waals surface area contributed by atoms with Crippen molar-refractivity contribution in [3.05, 3.63) is 52.0 Å². The molecule has 2 heterocycles. The first-order chi connectivity index (χ1) is 10.3. The highest BCUT2D eigenvalue weighted by Gasteiger charge is 2.22. The second-order valence-corrected chi connectivity index (χ2v) is 6.73. The molecule has 3 rings (SSSR count). The van der Waals surface area contributed by atoms with Crippen LogP contribution in [0.5, 0.6) is 0 Å². The topological polar surface area (TPSA) is 36.4 Å². The molecule has 4 heteroatoms. The number of aromatic nitrogens is 1. The van der Waals surface area contributed by atoms with Gasteiger partial charge >= 0.3 is 0 Å². The first-order valence-corrected chi connectivity index (χ1v) is 8.52. The van der Waals surface area contributed by atoms with Gasteiger partial charge in [0, 0.05) is 31.5 Å². The quantitative estimate of drug-likeness (QED) is 0.891. The van der Waals surface area contributed by atoms with Gasteiger partial charge in [0.1, 0.15) is 0 Å². The van der Waals surface area contributed by atoms with Crippen LogP contribution in [0.15, 0.2) is 35.7 Å². The Balaban J connectivity index is 1.50. The Morgan fingerprint density at radius 1 is 1.24 bits per heavy atom. The predicted molar refractivity (Wildman–Crippen MR) is 86.4 cm³/mol. The fraction of sp³-hybridized carbons (Fsp3) is 0.471. The number of rotatable bonds is 6. The number of aryl methyl sites for hydroxylation is 2. The summed E-state index contributed by atoms with van der Waals surface area (Å²) in [4.78, 5) is 7.15. The molecule has 0 saturated carbocycles. The molecule has 0 radical (unpaired) electrons. The van der Waals surface area contributed by atoms with Crippen LogP contribution in [0.3, 0.4) is 0 Å². The summed E-state index contributed by atoms with van der Waals surface area (Å²) in [6, 6.07) is 10.6. The van der Waals surface area contributed by atoms with Crippen molar-refractivity contribution in [3.63, 3.8) is 0 Å². The number of aliphatic hydroxyl groups is 1. The molecule has 1 N–H and O–H groups in total. The number of hydrogen-bond donors (Lipinski definition) is 1. The van der Waals surface area contributed by atoms with Gasteiger partial charge in [-0.3, -0.25) is 4.90 Å². The third-order valence-electron chi connectivity index (χ3n) is 4.08. The zero-order valence-electron chi connectivity index (χ0n) is 12.2. The summed E-state index contributed by atoms with van der Waals surface area (Å²) in [6.07, 6.45) is 3.19. The summed E-state index contributed by atoms with van der Waals surface area (Å²) >= 11 is 1.77. The van der Waals surface area contributed by atoms with E-state index in [1.807, 2.05) is 0 Å². The molecule has 0 amide bonds. The van der Waals surface area contributed by atoms with Gasteiger partial charge in [0.15, 0.2) is 0 Å². The van der Waals surface area contributed by atoms with Gasteiger partial charge in [0.05, 0.1) is 10.7 Å². The SMILES string of the molecule is OCC1CCN(Cc2csc(CCc3ccccc3)n2)C1. The van der Waals surface area contributed by atoms with Crippen molar-refractivity contribution >= 4 is 11.3 Å². The molecule has 3 nitrogen and oxygen atoms in total. The summed E-state index contributed by atoms with van der Waals surface area (Å²) in [7, 11) is 0. The summed E-state index contributed by atoms with van der Waals surface area (Å²) in [5, 5.41) is 12.6. The largest absolute Gasteiger partial charge is 0.396 e. The molecule has 2 aromatic rings. The maximum atomic E-state index is 9.19. The van der Waals surface area contributed by atoms with Gasteiger partial charge in [-0.15, -0.1) is 11.3 Å². The van der Waals surface area contributed by atoms with Crippen molar-refractivity contribution in [2.45, 2.75) is 25.8 Å². The minimum atomic E-state index is 0.315. The van der Waals surface area contributed by atoms with Crippen molar-refractivity contribution in [3.8, 4) is 0 Å². The van der Waals surface area contributed by atoms with Crippen LogP contribution in [-0.4, -0.2) is 34.7 Å². The highest BCUT2D eigenvalue weighted by Crippen LogP contribution is 2.20. The standard InChI is InChI=1S/C17H22N2OS/c20-12-15-8-9-19(10-15)11-16-13-21-17(18-16)7-6-14-4-2-1-3-5-14/h1-5,13,15,20H,6-12H2. The molecule has 1 aliphatic rings. The molecule has 0 spiro atoms. The zero-order valence-corrected chi connectivity index (χ0v) is 13.1. The molecule has 21 heavy (non-hydrogen) atoms. The van der Waals surface area contributed by atoms with Crippen LogP contribution in [0.25, 0.3) is 0 Å². The second kappa shape index (κ2) is 7.16. The molecule has 0 aliphatic carbocycles. The monoisotopic (exact) mass is 302 g/mol. The van der Waals surface area contributed by atoms with Crippen LogP contribution >= 0.6 is 11.3 Å². The lowest BCUT2D eigenvalue weighted by Crippen LogP contribution is -2.21. The van der Waals surface area contributed by atoms with Crippen molar-refractivity contribution in [2.75, 3.05) is 19.7 Å². The number of benzene rings is 1. The van der Waals surface area contributed by atoms with Gasteiger partial charge < -0.3 is 5.11 Å². The van der Waals surface area contributed by atoms with E-state index in [9.17, 15) is 5.11 Å². The van der Waals surface area contributed by atoms with Crippen LogP contribution in [0.4, 0.5) is 0 Å². The number of aliphatic hydroxyl groups excluding tert-OH is 1. The maximum absolute atomic E-state index is 9.19. The first kappa shape index (κ1) is 14.7. The van der Waals surface area contributed by atoms with E-state index in [0.717, 1.165) is 38.9 Å². The average molecular weight is 302 g/mol. The molecule has 0 bridgehead atoms. The number of nitrogens with zero attached hydrogens (tertiary/aromatic N) is 2. The smallest absolute Gasteiger partial charge is 0.0932 e. The highest BCUT2D eigenvalue weighted by molar-refractivity contribution is 7.09. The maximum Gasteiger partial charge on any atom is 0.0932 e. The van der Waals surface area contributed by atoms with E-state index < -0.39 is 0 Å². The summed E-state index contributed by atoms with van der Waals surface area (Å²) in [5.74, 6) is 0.459. The van der Waals surface area contributed by atoms with Gasteiger partial charge in [-0.05, 0) is 30.9 Å². The molecule has 1 fully saturated rings. The van der Waals surface area contributed by atoms with Crippen LogP contribution in [0, 0.1) is 5.92 Å². The van der Waals surface area contributed by atoms with Gasteiger partial charge in [-0.25, -0.2) is 4.98 Å². The molecular weight excluding hydrogens is 280 g/mol. The van der Waals surface area contributed by atoms with Crippen LogP contribution in [0.2, 0.25) is 0 Å². The Morgan fingerprint density at radius 2 is 2.10 bits per heavy atom. The van der Waals surface area contributed by atoms with E-state index in [1.54, 1.807) is 11.3 Å². The Morgan fingerprint density at radius 3 is 2.86 bits per heavy atom. The Bertz CT molecular complexity index is 555. The molecule has 1 aromatic heterocycles. The van der Waals surface area contributed by atoms with E-state index in [1.165, 1.54) is 16.3 Å². The van der Waals surface area contributed by atoms with E-state index in [4.69, 9.17) is 4.98 Å². The number of thiazole rings is 1. The molecule has 1 aliphatic heterocycles. The van der Waals surface area contributed by atoms with Gasteiger partial charge in [-0.1, -0.05) is 30.3 Å². The Hall–Kier alpha value is -1.23. The van der Waals surface area contributed by atoms with E-state index in [0.29, 0.717) is 12.5 Å². The van der Waals surface area contributed by atoms with Gasteiger partial charge in [-0.2, -0.15) is 0 Å². The number of hydrogen-bond acceptors (Lipinski definition) is 4. The molecular formula is C17H22N2OS. The molecule has 112 valence electrons. The van der Waals surface area contributed by atoms with Crippen LogP contribution in [0.1, 0.15) is 22.7 Å². The van der Waals surface area contributed by atoms with Gasteiger partial charge in [0.25, 0.3) is 0 Å². The van der Waals surface area contributed by atoms with Crippen LogP contribution < -0.4 is 0 Å². The minimum Gasteiger partial charge on any atom is -0.396 e. The second-order valence-electron chi connectivity index (χ2n) is 5.79. The van der Waals surface area contributed by atoms with Crippen molar-refractivity contribution < 1.29 is 5.11 Å². The summed E-state index contributed by atoms with van der Waals surface area (Å²) in [5.41, 5.74) is 2.56. The van der Waals surface area contributed by atoms with Crippen molar-refractivity contribution in [1.29, 1.82) is 0 Å². The third-order valence-corrected chi connectivity index (χ3v) is 5.04. The van der Waals surface area contributed by atoms with Crippen molar-refractivity contribution in [2.24, 2.45) is 5.92 Å². The summed E-state index contributed by atoms with van der Waals surface area (Å²) in [6.45, 7) is 3.34. The van der Waals surface area contributed by atoms with Gasteiger partial charge in [0.2, 0.25) is 0 Å².